The average molecular weight is 483 g/mol. The van der Waals surface area contributed by atoms with Crippen LogP contribution >= 0.6 is 0 Å². The first-order chi connectivity index (χ1) is 17.1. The first-order valence-corrected chi connectivity index (χ1v) is 12.2. The van der Waals surface area contributed by atoms with Crippen molar-refractivity contribution in [2.24, 2.45) is 5.92 Å². The molecular formula is C27H34N2O6. The van der Waals surface area contributed by atoms with Gasteiger partial charge < -0.3 is 29.2 Å². The summed E-state index contributed by atoms with van der Waals surface area (Å²) in [6.07, 6.45) is 4.17. The molecule has 2 aromatic carbocycles. The van der Waals surface area contributed by atoms with E-state index in [1.165, 1.54) is 0 Å². The van der Waals surface area contributed by atoms with Gasteiger partial charge in [0.05, 0.1) is 31.9 Å². The van der Waals surface area contributed by atoms with Crippen LogP contribution in [-0.2, 0) is 20.7 Å². The summed E-state index contributed by atoms with van der Waals surface area (Å²) in [6, 6.07) is 13.1. The molecule has 2 amide bonds. The molecule has 1 N–H and O–H groups in total. The summed E-state index contributed by atoms with van der Waals surface area (Å²) in [5.41, 5.74) is 1.65. The number of benzene rings is 2. The number of anilines is 1. The summed E-state index contributed by atoms with van der Waals surface area (Å²) in [5.74, 6) is 1.36. The van der Waals surface area contributed by atoms with Crippen LogP contribution in [0.5, 0.6) is 17.2 Å². The summed E-state index contributed by atoms with van der Waals surface area (Å²) in [5, 5.41) is 2.97. The number of carbonyl (C=O) groups excluding carboxylic acids is 2. The van der Waals surface area contributed by atoms with E-state index in [4.69, 9.17) is 18.9 Å². The highest BCUT2D eigenvalue weighted by Gasteiger charge is 2.34. The van der Waals surface area contributed by atoms with E-state index in [9.17, 15) is 9.59 Å². The van der Waals surface area contributed by atoms with E-state index in [0.717, 1.165) is 31.4 Å². The van der Waals surface area contributed by atoms with Gasteiger partial charge in [-0.05, 0) is 55.5 Å². The van der Waals surface area contributed by atoms with Gasteiger partial charge >= 0.3 is 0 Å². The minimum atomic E-state index is -0.400. The molecule has 2 atom stereocenters. The maximum atomic E-state index is 13.0. The average Bonchev–Trinajstić information content (AvgIpc) is 3.27. The minimum absolute atomic E-state index is 0.00962. The van der Waals surface area contributed by atoms with Crippen LogP contribution in [0, 0.1) is 5.92 Å². The standard InChI is InChI=1S/C27H34N2O6/c1-32-24-11-10-19(15-25(24)33-2)12-13-29-17-20(16-26(29)30)27(31)28-22-8-3-4-9-23(22)35-18-21-7-5-6-14-34-21/h3-4,8-11,15,20-21H,5-7,12-14,16-18H2,1-2H3,(H,28,31). The zero-order valence-corrected chi connectivity index (χ0v) is 20.5. The molecule has 0 radical (unpaired) electrons. The Labute approximate surface area is 206 Å². The van der Waals surface area contributed by atoms with Crippen molar-refractivity contribution >= 4 is 17.5 Å². The second-order valence-corrected chi connectivity index (χ2v) is 8.97. The SMILES string of the molecule is COc1ccc(CCN2CC(C(=O)Nc3ccccc3OCC3CCCCO3)CC2=O)cc1OC. The van der Waals surface area contributed by atoms with Crippen molar-refractivity contribution in [3.8, 4) is 17.2 Å². The molecule has 0 aliphatic carbocycles. The van der Waals surface area contributed by atoms with E-state index in [1.54, 1.807) is 19.1 Å². The van der Waals surface area contributed by atoms with E-state index in [-0.39, 0.29) is 24.3 Å². The quantitative estimate of drug-likeness (QED) is 0.556. The number of nitrogens with one attached hydrogen (secondary N) is 1. The fraction of sp³-hybridized carbons (Fsp3) is 0.481. The molecule has 2 saturated heterocycles. The molecule has 8 nitrogen and oxygen atoms in total. The summed E-state index contributed by atoms with van der Waals surface area (Å²) in [7, 11) is 3.20. The smallest absolute Gasteiger partial charge is 0.229 e. The highest BCUT2D eigenvalue weighted by Crippen LogP contribution is 2.29. The molecule has 188 valence electrons. The highest BCUT2D eigenvalue weighted by molar-refractivity contribution is 5.98. The number of ether oxygens (including phenoxy) is 4. The molecule has 8 heteroatoms. The summed E-state index contributed by atoms with van der Waals surface area (Å²) >= 11 is 0. The first kappa shape index (κ1) is 24.9. The van der Waals surface area contributed by atoms with Gasteiger partial charge in [0.15, 0.2) is 11.5 Å². The Morgan fingerprint density at radius 1 is 1.09 bits per heavy atom. The number of hydrogen-bond acceptors (Lipinski definition) is 6. The maximum Gasteiger partial charge on any atom is 0.229 e. The first-order valence-electron chi connectivity index (χ1n) is 12.2. The lowest BCUT2D eigenvalue weighted by Gasteiger charge is -2.23. The molecule has 2 fully saturated rings. The Bertz CT molecular complexity index is 1020. The molecule has 4 rings (SSSR count). The van der Waals surface area contributed by atoms with Crippen LogP contribution in [0.25, 0.3) is 0 Å². The number of hydrogen-bond donors (Lipinski definition) is 1. The van der Waals surface area contributed by atoms with Crippen molar-refractivity contribution in [2.45, 2.75) is 38.2 Å². The van der Waals surface area contributed by atoms with E-state index in [1.807, 2.05) is 42.5 Å². The number of likely N-dealkylation sites (tertiary alicyclic amines) is 1. The summed E-state index contributed by atoms with van der Waals surface area (Å²) < 4.78 is 22.3. The van der Waals surface area contributed by atoms with Gasteiger partial charge in [-0.2, -0.15) is 0 Å². The van der Waals surface area contributed by atoms with Gasteiger partial charge in [-0.25, -0.2) is 0 Å². The largest absolute Gasteiger partial charge is 0.493 e. The molecule has 35 heavy (non-hydrogen) atoms. The Morgan fingerprint density at radius 3 is 2.69 bits per heavy atom. The monoisotopic (exact) mass is 482 g/mol. The topological polar surface area (TPSA) is 86.3 Å². The minimum Gasteiger partial charge on any atom is -0.493 e. The van der Waals surface area contributed by atoms with Gasteiger partial charge in [0.2, 0.25) is 11.8 Å². The Hall–Kier alpha value is -3.26. The predicted molar refractivity (Wildman–Crippen MR) is 132 cm³/mol. The van der Waals surface area contributed by atoms with E-state index >= 15 is 0 Å². The molecule has 2 aromatic rings. The summed E-state index contributed by atoms with van der Waals surface area (Å²) in [4.78, 5) is 27.3. The molecule has 0 bridgehead atoms. The number of amides is 2. The predicted octanol–water partition coefficient (Wildman–Crippen LogP) is 3.68. The van der Waals surface area contributed by atoms with Gasteiger partial charge in [-0.15, -0.1) is 0 Å². The van der Waals surface area contributed by atoms with Crippen molar-refractivity contribution < 1.29 is 28.5 Å². The molecule has 2 aliphatic rings. The fourth-order valence-electron chi connectivity index (χ4n) is 4.52. The molecule has 0 aromatic heterocycles. The molecule has 2 unspecified atom stereocenters. The lowest BCUT2D eigenvalue weighted by Crippen LogP contribution is -2.30. The normalized spacial score (nSPS) is 19.9. The Morgan fingerprint density at radius 2 is 1.91 bits per heavy atom. The fourth-order valence-corrected chi connectivity index (χ4v) is 4.52. The highest BCUT2D eigenvalue weighted by atomic mass is 16.5. The van der Waals surface area contributed by atoms with Gasteiger partial charge in [-0.1, -0.05) is 18.2 Å². The second kappa shape index (κ2) is 11.9. The third-order valence-corrected chi connectivity index (χ3v) is 6.55. The maximum absolute atomic E-state index is 13.0. The van der Waals surface area contributed by atoms with Crippen molar-refractivity contribution in [1.82, 2.24) is 4.90 Å². The van der Waals surface area contributed by atoms with Crippen LogP contribution < -0.4 is 19.5 Å². The molecule has 0 spiro atoms. The van der Waals surface area contributed by atoms with E-state index < -0.39 is 5.92 Å². The molecular weight excluding hydrogens is 448 g/mol. The van der Waals surface area contributed by atoms with Crippen molar-refractivity contribution in [3.05, 3.63) is 48.0 Å². The van der Waals surface area contributed by atoms with Crippen LogP contribution in [0.3, 0.4) is 0 Å². The zero-order valence-electron chi connectivity index (χ0n) is 20.5. The van der Waals surface area contributed by atoms with Gasteiger partial charge in [0.1, 0.15) is 12.4 Å². The molecule has 0 saturated carbocycles. The van der Waals surface area contributed by atoms with Crippen LogP contribution in [-0.4, -0.2) is 63.3 Å². The number of rotatable bonds is 10. The van der Waals surface area contributed by atoms with E-state index in [0.29, 0.717) is 49.1 Å². The van der Waals surface area contributed by atoms with Crippen LogP contribution in [0.4, 0.5) is 5.69 Å². The Kier molecular flexibility index (Phi) is 8.47. The van der Waals surface area contributed by atoms with Crippen LogP contribution in [0.1, 0.15) is 31.2 Å². The van der Waals surface area contributed by atoms with Gasteiger partial charge in [-0.3, -0.25) is 9.59 Å². The molecule has 2 heterocycles. The number of methoxy groups -OCH3 is 2. The third-order valence-electron chi connectivity index (χ3n) is 6.55. The van der Waals surface area contributed by atoms with Crippen LogP contribution in [0.15, 0.2) is 42.5 Å². The van der Waals surface area contributed by atoms with Crippen molar-refractivity contribution in [2.75, 3.05) is 45.8 Å². The lowest BCUT2D eigenvalue weighted by atomic mass is 10.1. The number of nitrogens with zero attached hydrogens (tertiary/aromatic N) is 1. The third kappa shape index (κ3) is 6.45. The van der Waals surface area contributed by atoms with Crippen molar-refractivity contribution in [1.29, 1.82) is 0 Å². The molecule has 2 aliphatic heterocycles. The summed E-state index contributed by atoms with van der Waals surface area (Å²) in [6.45, 7) is 2.17. The second-order valence-electron chi connectivity index (χ2n) is 8.97. The Balaban J connectivity index is 1.30. The number of para-hydroxylation sites is 2. The number of carbonyl (C=O) groups is 2. The van der Waals surface area contributed by atoms with Crippen molar-refractivity contribution in [3.63, 3.8) is 0 Å². The lowest BCUT2D eigenvalue weighted by molar-refractivity contribution is -0.128. The van der Waals surface area contributed by atoms with Gasteiger partial charge in [0, 0.05) is 26.1 Å². The van der Waals surface area contributed by atoms with Gasteiger partial charge in [0.25, 0.3) is 0 Å². The van der Waals surface area contributed by atoms with Crippen LogP contribution in [0.2, 0.25) is 0 Å². The van der Waals surface area contributed by atoms with E-state index in [2.05, 4.69) is 5.32 Å². The zero-order chi connectivity index (χ0) is 24.6.